The van der Waals surface area contributed by atoms with Crippen molar-refractivity contribution in [3.63, 3.8) is 0 Å². The van der Waals surface area contributed by atoms with E-state index in [4.69, 9.17) is 23.2 Å². The molecule has 0 aliphatic rings. The van der Waals surface area contributed by atoms with Crippen LogP contribution in [0.1, 0.15) is 30.5 Å². The molecule has 5 nitrogen and oxygen atoms in total. The maximum absolute atomic E-state index is 12.4. The van der Waals surface area contributed by atoms with Crippen LogP contribution in [0.5, 0.6) is 5.88 Å². The third kappa shape index (κ3) is 4.04. The zero-order chi connectivity index (χ0) is 18.7. The van der Waals surface area contributed by atoms with E-state index in [9.17, 15) is 15.2 Å². The van der Waals surface area contributed by atoms with E-state index in [1.165, 1.54) is 10.8 Å². The molecule has 0 spiro atoms. The van der Waals surface area contributed by atoms with E-state index in [0.717, 1.165) is 0 Å². The average molecular weight is 378 g/mol. The van der Waals surface area contributed by atoms with E-state index in [0.29, 0.717) is 33.4 Å². The number of aromatic nitrogens is 1. The second-order valence-electron chi connectivity index (χ2n) is 6.01. The van der Waals surface area contributed by atoms with Crippen molar-refractivity contribution < 1.29 is 5.11 Å². The predicted octanol–water partition coefficient (Wildman–Crippen LogP) is 4.45. The third-order valence-corrected chi connectivity index (χ3v) is 4.17. The lowest BCUT2D eigenvalue weighted by Crippen LogP contribution is -2.27. The number of pyridine rings is 1. The zero-order valence-electron chi connectivity index (χ0n) is 14.0. The molecule has 0 atom stereocenters. The first-order chi connectivity index (χ1) is 11.8. The quantitative estimate of drug-likeness (QED) is 0.799. The summed E-state index contributed by atoms with van der Waals surface area (Å²) in [6.45, 7) is 5.73. The zero-order valence-corrected chi connectivity index (χ0v) is 15.6. The summed E-state index contributed by atoms with van der Waals surface area (Å²) in [6.07, 6.45) is 1.40. The van der Waals surface area contributed by atoms with Crippen LogP contribution >= 0.6 is 23.2 Å². The second-order valence-corrected chi connectivity index (χ2v) is 6.86. The first-order valence-electron chi connectivity index (χ1n) is 7.61. The van der Waals surface area contributed by atoms with Gasteiger partial charge in [-0.2, -0.15) is 5.26 Å². The third-order valence-electron chi connectivity index (χ3n) is 3.64. The Labute approximate surface area is 155 Å². The Morgan fingerprint density at radius 1 is 1.40 bits per heavy atom. The highest BCUT2D eigenvalue weighted by Gasteiger charge is 2.18. The van der Waals surface area contributed by atoms with E-state index < -0.39 is 5.56 Å². The van der Waals surface area contributed by atoms with Gasteiger partial charge in [0.25, 0.3) is 5.56 Å². The number of hydrogen-bond acceptors (Lipinski definition) is 4. The minimum Gasteiger partial charge on any atom is -0.494 e. The molecule has 0 unspecified atom stereocenters. The fraction of sp³-hybridized carbons (Fsp3) is 0.278. The van der Waals surface area contributed by atoms with E-state index in [1.54, 1.807) is 25.1 Å². The first-order valence-corrected chi connectivity index (χ1v) is 8.37. The lowest BCUT2D eigenvalue weighted by Gasteiger charge is -2.15. The van der Waals surface area contributed by atoms with Gasteiger partial charge < -0.3 is 5.11 Å². The molecule has 1 N–H and O–H groups in total. The van der Waals surface area contributed by atoms with Gasteiger partial charge in [0.2, 0.25) is 5.88 Å². The molecule has 0 amide bonds. The summed E-state index contributed by atoms with van der Waals surface area (Å²) in [4.78, 5) is 16.7. The van der Waals surface area contributed by atoms with E-state index >= 15 is 0 Å². The highest BCUT2D eigenvalue weighted by molar-refractivity contribution is 6.36. The largest absolute Gasteiger partial charge is 0.494 e. The van der Waals surface area contributed by atoms with Gasteiger partial charge >= 0.3 is 0 Å². The van der Waals surface area contributed by atoms with Crippen LogP contribution in [0.2, 0.25) is 10.0 Å². The van der Waals surface area contributed by atoms with Crippen LogP contribution in [-0.2, 0) is 6.54 Å². The van der Waals surface area contributed by atoms with Crippen molar-refractivity contribution in [3.8, 4) is 11.9 Å². The number of rotatable bonds is 4. The number of hydrogen-bond donors (Lipinski definition) is 1. The van der Waals surface area contributed by atoms with Crippen LogP contribution in [0.25, 0.3) is 0 Å². The Hall–Kier alpha value is -2.29. The van der Waals surface area contributed by atoms with Crippen molar-refractivity contribution in [1.29, 1.82) is 5.26 Å². The SMILES string of the molecule is Cc1c(C=Nc2ccc(Cl)cc2Cl)c(O)n(CC(C)C)c(=O)c1C#N. The molecule has 0 radical (unpaired) electrons. The number of aromatic hydroxyl groups is 1. The molecule has 130 valence electrons. The molecule has 0 bridgehead atoms. The van der Waals surface area contributed by atoms with Gasteiger partial charge in [-0.25, -0.2) is 0 Å². The number of benzene rings is 1. The Morgan fingerprint density at radius 3 is 2.64 bits per heavy atom. The minimum atomic E-state index is -0.507. The Morgan fingerprint density at radius 2 is 2.08 bits per heavy atom. The van der Waals surface area contributed by atoms with Gasteiger partial charge in [0.05, 0.1) is 16.3 Å². The van der Waals surface area contributed by atoms with Crippen LogP contribution in [0.3, 0.4) is 0 Å². The maximum Gasteiger partial charge on any atom is 0.271 e. The molecular formula is C18H17Cl2N3O2. The highest BCUT2D eigenvalue weighted by Crippen LogP contribution is 2.29. The molecule has 2 aromatic rings. The number of nitrogens with zero attached hydrogens (tertiary/aromatic N) is 3. The van der Waals surface area contributed by atoms with Crippen LogP contribution < -0.4 is 5.56 Å². The van der Waals surface area contributed by atoms with Gasteiger partial charge in [0, 0.05) is 17.8 Å². The summed E-state index contributed by atoms with van der Waals surface area (Å²) in [5.74, 6) is -0.0996. The lowest BCUT2D eigenvalue weighted by atomic mass is 10.1. The van der Waals surface area contributed by atoms with E-state index in [2.05, 4.69) is 4.99 Å². The fourth-order valence-electron chi connectivity index (χ4n) is 2.38. The molecular weight excluding hydrogens is 361 g/mol. The van der Waals surface area contributed by atoms with Crippen molar-refractivity contribution >= 4 is 35.1 Å². The molecule has 1 heterocycles. The molecule has 7 heteroatoms. The fourth-order valence-corrected chi connectivity index (χ4v) is 2.84. The molecule has 0 saturated carbocycles. The average Bonchev–Trinajstić information content (AvgIpc) is 2.53. The Bertz CT molecular complexity index is 941. The van der Waals surface area contributed by atoms with Gasteiger partial charge in [0.1, 0.15) is 11.6 Å². The molecule has 2 rings (SSSR count). The molecule has 25 heavy (non-hydrogen) atoms. The summed E-state index contributed by atoms with van der Waals surface area (Å²) in [5, 5.41) is 20.7. The summed E-state index contributed by atoms with van der Waals surface area (Å²) in [5.41, 5.74) is 0.627. The van der Waals surface area contributed by atoms with Gasteiger partial charge in [-0.3, -0.25) is 14.4 Å². The number of nitriles is 1. The van der Waals surface area contributed by atoms with Gasteiger partial charge in [-0.15, -0.1) is 0 Å². The first kappa shape index (κ1) is 19.0. The van der Waals surface area contributed by atoms with Crippen LogP contribution in [0.4, 0.5) is 5.69 Å². The van der Waals surface area contributed by atoms with Gasteiger partial charge in [0.15, 0.2) is 0 Å². The lowest BCUT2D eigenvalue weighted by molar-refractivity contribution is 0.381. The molecule has 1 aromatic heterocycles. The van der Waals surface area contributed by atoms with Crippen molar-refractivity contribution in [3.05, 3.63) is 55.3 Å². The maximum atomic E-state index is 12.4. The highest BCUT2D eigenvalue weighted by atomic mass is 35.5. The van der Waals surface area contributed by atoms with E-state index in [-0.39, 0.29) is 17.4 Å². The Kier molecular flexibility index (Phi) is 5.89. The molecule has 1 aromatic carbocycles. The number of aliphatic imine (C=N–C) groups is 1. The molecule has 0 saturated heterocycles. The van der Waals surface area contributed by atoms with Crippen molar-refractivity contribution in [2.24, 2.45) is 10.9 Å². The molecule has 0 fully saturated rings. The summed E-state index contributed by atoms with van der Waals surface area (Å²) in [6, 6.07) is 6.76. The molecule has 0 aliphatic heterocycles. The van der Waals surface area contributed by atoms with Crippen LogP contribution in [0, 0.1) is 24.2 Å². The smallest absolute Gasteiger partial charge is 0.271 e. The summed E-state index contributed by atoms with van der Waals surface area (Å²) >= 11 is 12.0. The van der Waals surface area contributed by atoms with E-state index in [1.807, 2.05) is 19.9 Å². The standard InChI is InChI=1S/C18H17Cl2N3O2/c1-10(2)9-23-17(24)13(7-21)11(3)14(18(23)25)8-22-16-5-4-12(19)6-15(16)20/h4-6,8,10,25H,9H2,1-3H3. The van der Waals surface area contributed by atoms with Crippen molar-refractivity contribution in [2.45, 2.75) is 27.3 Å². The minimum absolute atomic E-state index is 0.0119. The molecule has 0 aliphatic carbocycles. The summed E-state index contributed by atoms with van der Waals surface area (Å²) in [7, 11) is 0. The van der Waals surface area contributed by atoms with Crippen LogP contribution in [0.15, 0.2) is 28.0 Å². The predicted molar refractivity (Wildman–Crippen MR) is 100 cm³/mol. The van der Waals surface area contributed by atoms with Crippen molar-refractivity contribution in [2.75, 3.05) is 0 Å². The van der Waals surface area contributed by atoms with Gasteiger partial charge in [-0.1, -0.05) is 37.0 Å². The Balaban J connectivity index is 2.62. The van der Waals surface area contributed by atoms with Crippen LogP contribution in [-0.4, -0.2) is 15.9 Å². The van der Waals surface area contributed by atoms with Crippen molar-refractivity contribution in [1.82, 2.24) is 4.57 Å². The topological polar surface area (TPSA) is 78.4 Å². The second kappa shape index (κ2) is 7.73. The summed E-state index contributed by atoms with van der Waals surface area (Å²) < 4.78 is 1.20. The van der Waals surface area contributed by atoms with Gasteiger partial charge in [-0.05, 0) is 36.6 Å². The monoisotopic (exact) mass is 377 g/mol. The number of halogens is 2. The normalized spacial score (nSPS) is 11.2.